The Hall–Kier alpha value is -12.8. The maximum Gasteiger partial charge on any atom is 0.335 e. The summed E-state index contributed by atoms with van der Waals surface area (Å²) in [5, 5.41) is 36.2. The normalized spacial score (nSPS) is 11.1. The van der Waals surface area contributed by atoms with Gasteiger partial charge in [0.25, 0.3) is 0 Å². The van der Waals surface area contributed by atoms with Crippen LogP contribution in [-0.4, -0.2) is 50.1 Å². The first-order valence-electron chi connectivity index (χ1n) is 33.8. The van der Waals surface area contributed by atoms with Gasteiger partial charge in [-0.05, 0) is 266 Å². The topological polar surface area (TPSA) is 216 Å². The minimum absolute atomic E-state index is 0.109. The highest BCUT2D eigenvalue weighted by Gasteiger charge is 2.14. The highest BCUT2D eigenvalue weighted by atomic mass is 19.1. The quantitative estimate of drug-likeness (QED) is 0.0336. The number of Topliss-reactive ketones (excluding diaryl/α,β-unsaturated/α-hetero) is 1. The van der Waals surface area contributed by atoms with Crippen LogP contribution in [0.5, 0.6) is 23.0 Å². The van der Waals surface area contributed by atoms with Crippen LogP contribution in [0, 0.1) is 17.5 Å². The number of aryl methyl sites for hydroxylation is 6. The molecule has 0 unspecified atom stereocenters. The number of rotatable bonds is 28. The Balaban J connectivity index is 0.000000162. The van der Waals surface area contributed by atoms with E-state index in [0.717, 1.165) is 106 Å². The third-order valence-electron chi connectivity index (χ3n) is 16.7. The van der Waals surface area contributed by atoms with Gasteiger partial charge < -0.3 is 43.8 Å². The molecule has 0 saturated carbocycles. The molecule has 0 amide bonds. The van der Waals surface area contributed by atoms with E-state index < -0.39 is 23.9 Å². The smallest absolute Gasteiger partial charge is 0.335 e. The molecule has 0 radical (unpaired) electrons. The first-order chi connectivity index (χ1) is 50.7. The van der Waals surface area contributed by atoms with E-state index in [1.807, 2.05) is 117 Å². The average Bonchev–Trinajstić information content (AvgIpc) is 1.67. The van der Waals surface area contributed by atoms with Gasteiger partial charge in [-0.3, -0.25) is 4.79 Å². The molecule has 11 aromatic carbocycles. The molecule has 0 aliphatic heterocycles. The van der Waals surface area contributed by atoms with E-state index in [0.29, 0.717) is 46.8 Å². The second kappa shape index (κ2) is 38.9. The minimum atomic E-state index is -1.02. The molecule has 17 heteroatoms. The van der Waals surface area contributed by atoms with Gasteiger partial charge in [-0.15, -0.1) is 0 Å². The summed E-state index contributed by atoms with van der Waals surface area (Å²) in [6.45, 7) is 4.57. The number of hydrogen-bond acceptors (Lipinski definition) is 10. The molecule has 2 atom stereocenters. The number of ether oxygens (including phenoxy) is 4. The zero-order valence-corrected chi connectivity index (χ0v) is 57.7. The van der Waals surface area contributed by atoms with Gasteiger partial charge in [-0.1, -0.05) is 121 Å². The van der Waals surface area contributed by atoms with Crippen molar-refractivity contribution >= 4 is 29.7 Å². The molecule has 534 valence electrons. The standard InChI is InChI=1S/2C23H21FO3.C22H17FO4.C20H18O4/c2*1-16(19-9-11-21(24)12-10-19)27-22-13-7-17(8-14-22)5-6-18-3-2-4-20(15-18)23(25)26;23-19-8-4-15(5-9-19)14-27-20-10-6-17(7-11-20)21(24)13-16-2-1-3-18(12-16)22(25)26;21-20(22)17-4-1-3-16(13-17)7-6-15-8-10-18(11-9-15)24-14-19-5-2-12-23-19/h2*2-4,7-16H,5-6H2,1H3,(H,25,26);1-12H,13-14H2,(H,25,26);1-5,8-13H,6-7,14H2,(H,21,22)/t2*16-;;/m10../s1. The Morgan fingerprint density at radius 2 is 0.638 bits per heavy atom. The van der Waals surface area contributed by atoms with Crippen LogP contribution in [-0.2, 0) is 58.2 Å². The molecule has 0 fully saturated rings. The number of carboxylic acids is 4. The van der Waals surface area contributed by atoms with Gasteiger partial charge >= 0.3 is 23.9 Å². The van der Waals surface area contributed by atoms with E-state index >= 15 is 0 Å². The third-order valence-corrected chi connectivity index (χ3v) is 16.7. The summed E-state index contributed by atoms with van der Waals surface area (Å²) >= 11 is 0. The van der Waals surface area contributed by atoms with E-state index in [4.69, 9.17) is 43.8 Å². The Morgan fingerprint density at radius 1 is 0.324 bits per heavy atom. The Labute approximate surface area is 606 Å². The first-order valence-corrected chi connectivity index (χ1v) is 33.8. The number of halogens is 3. The van der Waals surface area contributed by atoms with Gasteiger partial charge in [0, 0.05) is 12.0 Å². The first kappa shape index (κ1) is 76.4. The largest absolute Gasteiger partial charge is 0.489 e. The predicted octanol–water partition coefficient (Wildman–Crippen LogP) is 19.8. The molecule has 0 spiro atoms. The predicted molar refractivity (Wildman–Crippen MR) is 394 cm³/mol. The zero-order chi connectivity index (χ0) is 74.5. The van der Waals surface area contributed by atoms with Crippen LogP contribution in [0.1, 0.15) is 139 Å². The van der Waals surface area contributed by atoms with Gasteiger partial charge in [0.05, 0.1) is 28.5 Å². The van der Waals surface area contributed by atoms with Crippen LogP contribution in [0.25, 0.3) is 0 Å². The van der Waals surface area contributed by atoms with Crippen molar-refractivity contribution in [2.45, 2.75) is 84.2 Å². The lowest BCUT2D eigenvalue weighted by Crippen LogP contribution is -2.05. The second-order valence-corrected chi connectivity index (χ2v) is 24.5. The lowest BCUT2D eigenvalue weighted by Gasteiger charge is -2.15. The summed E-state index contributed by atoms with van der Waals surface area (Å²) in [7, 11) is 0. The molecule has 4 N–H and O–H groups in total. The Morgan fingerprint density at radius 3 is 1.00 bits per heavy atom. The van der Waals surface area contributed by atoms with Crippen LogP contribution in [0.4, 0.5) is 13.2 Å². The van der Waals surface area contributed by atoms with Gasteiger partial charge in [0.2, 0.25) is 0 Å². The number of benzene rings is 11. The van der Waals surface area contributed by atoms with E-state index in [2.05, 4.69) is 0 Å². The molecule has 0 bridgehead atoms. The molecule has 0 saturated heterocycles. The zero-order valence-electron chi connectivity index (χ0n) is 57.7. The monoisotopic (exact) mass is 1410 g/mol. The fraction of sp³-hybridized carbons (Fsp3) is 0.148. The van der Waals surface area contributed by atoms with Crippen molar-refractivity contribution in [1.29, 1.82) is 0 Å². The molecule has 1 aromatic heterocycles. The summed E-state index contributed by atoms with van der Waals surface area (Å²) in [5.41, 5.74) is 11.5. The van der Waals surface area contributed by atoms with Crippen molar-refractivity contribution in [1.82, 2.24) is 0 Å². The summed E-state index contributed by atoms with van der Waals surface area (Å²) in [4.78, 5) is 56.5. The molecule has 12 aromatic rings. The number of hydrogen-bond donors (Lipinski definition) is 4. The lowest BCUT2D eigenvalue weighted by molar-refractivity contribution is 0.0686. The van der Waals surface area contributed by atoms with Crippen LogP contribution < -0.4 is 18.9 Å². The Kier molecular flexibility index (Phi) is 28.3. The molecular formula is C88H77F3O14. The maximum absolute atomic E-state index is 13.0. The number of ketones is 1. The van der Waals surface area contributed by atoms with Crippen molar-refractivity contribution in [2.75, 3.05) is 0 Å². The summed E-state index contributed by atoms with van der Waals surface area (Å²) in [6.07, 6.45) is 6.23. The van der Waals surface area contributed by atoms with Crippen molar-refractivity contribution < 1.29 is 80.9 Å². The van der Waals surface area contributed by atoms with E-state index in [9.17, 15) is 37.1 Å². The van der Waals surface area contributed by atoms with Gasteiger partial charge in [0.1, 0.15) is 71.6 Å². The number of aromatic carboxylic acids is 4. The highest BCUT2D eigenvalue weighted by molar-refractivity contribution is 5.98. The van der Waals surface area contributed by atoms with Crippen molar-refractivity contribution in [3.05, 3.63) is 392 Å². The van der Waals surface area contributed by atoms with E-state index in [1.165, 1.54) is 54.1 Å². The number of carbonyl (C=O) groups excluding carboxylic acids is 1. The van der Waals surface area contributed by atoms with Crippen LogP contribution in [0.2, 0.25) is 0 Å². The molecule has 0 aliphatic carbocycles. The summed E-state index contributed by atoms with van der Waals surface area (Å²) in [5.74, 6) is -0.966. The molecule has 0 aliphatic rings. The average molecular weight is 1420 g/mol. The van der Waals surface area contributed by atoms with Crippen molar-refractivity contribution in [3.63, 3.8) is 0 Å². The molecular weight excluding hydrogens is 1340 g/mol. The number of carbonyl (C=O) groups is 5. The molecule has 14 nitrogen and oxygen atoms in total. The summed E-state index contributed by atoms with van der Waals surface area (Å²) in [6, 6.07) is 80.2. The van der Waals surface area contributed by atoms with Gasteiger partial charge in [-0.2, -0.15) is 0 Å². The van der Waals surface area contributed by atoms with Crippen LogP contribution in [0.3, 0.4) is 0 Å². The van der Waals surface area contributed by atoms with Crippen molar-refractivity contribution in [2.24, 2.45) is 0 Å². The highest BCUT2D eigenvalue weighted by Crippen LogP contribution is 2.26. The van der Waals surface area contributed by atoms with E-state index in [1.54, 1.807) is 134 Å². The molecule has 1 heterocycles. The van der Waals surface area contributed by atoms with Crippen LogP contribution >= 0.6 is 0 Å². The molecule has 12 rings (SSSR count). The lowest BCUT2D eigenvalue weighted by atomic mass is 10.0. The number of carboxylic acid groups (broad SMARTS) is 4. The van der Waals surface area contributed by atoms with Crippen LogP contribution in [0.15, 0.2) is 290 Å². The fourth-order valence-electron chi connectivity index (χ4n) is 10.8. The maximum atomic E-state index is 13.0. The Bertz CT molecular complexity index is 4600. The minimum Gasteiger partial charge on any atom is -0.489 e. The molecule has 105 heavy (non-hydrogen) atoms. The number of furan rings is 1. The SMILES string of the molecule is C[C@@H](Oc1ccc(CCc2cccc(C(=O)O)c2)cc1)c1ccc(F)cc1.C[C@H](Oc1ccc(CCc2cccc(C(=O)O)c2)cc1)c1ccc(F)cc1.O=C(O)c1cccc(CC(=O)c2ccc(OCc3ccc(F)cc3)cc2)c1.O=C(O)c1cccc(CCc2ccc(OCc3ccco3)cc2)c1. The third kappa shape index (κ3) is 25.4. The van der Waals surface area contributed by atoms with E-state index in [-0.39, 0.29) is 47.4 Å². The van der Waals surface area contributed by atoms with Gasteiger partial charge in [0.15, 0.2) is 5.78 Å². The second-order valence-electron chi connectivity index (χ2n) is 24.5. The summed E-state index contributed by atoms with van der Waals surface area (Å²) < 4.78 is 67.2. The fourth-order valence-corrected chi connectivity index (χ4v) is 10.8. The van der Waals surface area contributed by atoms with Crippen molar-refractivity contribution in [3.8, 4) is 23.0 Å². The van der Waals surface area contributed by atoms with Gasteiger partial charge in [-0.25, -0.2) is 32.3 Å².